The van der Waals surface area contributed by atoms with Gasteiger partial charge in [-0.25, -0.2) is 9.07 Å². The molecule has 1 amide bonds. The first kappa shape index (κ1) is 25.0. The molecule has 0 aliphatic rings. The number of carboxylic acids is 1. The maximum Gasteiger partial charge on any atom is 0.309 e. The van der Waals surface area contributed by atoms with E-state index in [0.29, 0.717) is 22.2 Å². The molecule has 1 heterocycles. The van der Waals surface area contributed by atoms with Crippen LogP contribution in [-0.4, -0.2) is 37.1 Å². The van der Waals surface area contributed by atoms with Gasteiger partial charge in [-0.3, -0.25) is 14.4 Å². The molecule has 0 saturated heterocycles. The summed E-state index contributed by atoms with van der Waals surface area (Å²) in [7, 11) is 0. The minimum atomic E-state index is -1.38. The molecular formula is C25H20ClFN4O5. The summed E-state index contributed by atoms with van der Waals surface area (Å²) in [6.45, 7) is -0.0565. The van der Waals surface area contributed by atoms with Crippen molar-refractivity contribution < 1.29 is 24.2 Å². The number of anilines is 1. The Hall–Kier alpha value is -4.15. The van der Waals surface area contributed by atoms with Crippen LogP contribution < -0.4 is 10.9 Å². The van der Waals surface area contributed by atoms with Gasteiger partial charge in [-0.1, -0.05) is 41.1 Å². The van der Waals surface area contributed by atoms with Gasteiger partial charge in [0.25, 0.3) is 11.5 Å². The molecular weight excluding hydrogens is 491 g/mol. The van der Waals surface area contributed by atoms with Crippen LogP contribution in [0.3, 0.4) is 0 Å². The highest BCUT2D eigenvalue weighted by molar-refractivity contribution is 6.31. The van der Waals surface area contributed by atoms with Gasteiger partial charge < -0.3 is 15.5 Å². The van der Waals surface area contributed by atoms with Crippen molar-refractivity contribution in [3.63, 3.8) is 0 Å². The zero-order valence-corrected chi connectivity index (χ0v) is 19.4. The van der Waals surface area contributed by atoms with Crippen molar-refractivity contribution in [2.24, 2.45) is 5.92 Å². The number of aliphatic hydroxyl groups excluding tert-OH is 1. The van der Waals surface area contributed by atoms with Crippen LogP contribution in [0.15, 0.2) is 71.5 Å². The fourth-order valence-electron chi connectivity index (χ4n) is 3.68. The summed E-state index contributed by atoms with van der Waals surface area (Å²) < 4.78 is 14.4. The number of carboxylic acid groups (broad SMARTS) is 1. The van der Waals surface area contributed by atoms with Crippen LogP contribution in [0.25, 0.3) is 10.9 Å². The van der Waals surface area contributed by atoms with Crippen molar-refractivity contribution in [3.8, 4) is 0 Å². The van der Waals surface area contributed by atoms with Gasteiger partial charge in [0.05, 0.1) is 22.4 Å². The Morgan fingerprint density at radius 2 is 1.81 bits per heavy atom. The number of rotatable bonds is 8. The fraction of sp³-hybridized carbons (Fsp3) is 0.160. The van der Waals surface area contributed by atoms with Gasteiger partial charge in [-0.15, -0.1) is 5.10 Å². The first-order valence-corrected chi connectivity index (χ1v) is 11.2. The van der Waals surface area contributed by atoms with E-state index < -0.39 is 35.3 Å². The van der Waals surface area contributed by atoms with Gasteiger partial charge in [0.1, 0.15) is 11.3 Å². The number of carbonyl (C=O) groups excluding carboxylic acids is 1. The Morgan fingerprint density at radius 1 is 1.08 bits per heavy atom. The van der Waals surface area contributed by atoms with E-state index in [0.717, 1.165) is 10.7 Å². The van der Waals surface area contributed by atoms with Crippen LogP contribution in [0, 0.1) is 11.7 Å². The number of hydrogen-bond donors (Lipinski definition) is 3. The number of nitrogens with zero attached hydrogens (tertiary/aromatic N) is 3. The van der Waals surface area contributed by atoms with Crippen LogP contribution in [-0.2, 0) is 11.3 Å². The van der Waals surface area contributed by atoms with Crippen LogP contribution in [0.4, 0.5) is 10.1 Å². The van der Waals surface area contributed by atoms with Crippen molar-refractivity contribution in [3.05, 3.63) is 99.1 Å². The van der Waals surface area contributed by atoms with Gasteiger partial charge >= 0.3 is 5.97 Å². The highest BCUT2D eigenvalue weighted by Crippen LogP contribution is 2.27. The monoisotopic (exact) mass is 510 g/mol. The minimum absolute atomic E-state index is 0.0565. The smallest absolute Gasteiger partial charge is 0.309 e. The molecule has 4 aromatic rings. The van der Waals surface area contributed by atoms with E-state index in [1.165, 1.54) is 36.4 Å². The summed E-state index contributed by atoms with van der Waals surface area (Å²) in [4.78, 5) is 36.8. The molecule has 9 nitrogen and oxygen atoms in total. The molecule has 0 fully saturated rings. The lowest BCUT2D eigenvalue weighted by atomic mass is 9.92. The summed E-state index contributed by atoms with van der Waals surface area (Å²) in [6, 6.07) is 16.2. The molecule has 0 bridgehead atoms. The number of carbonyl (C=O) groups is 2. The molecule has 0 spiro atoms. The number of nitrogens with one attached hydrogen (secondary N) is 1. The number of hydrogen-bond acceptors (Lipinski definition) is 6. The van der Waals surface area contributed by atoms with E-state index in [1.807, 2.05) is 0 Å². The first-order valence-electron chi connectivity index (χ1n) is 10.8. The fourth-order valence-corrected chi connectivity index (χ4v) is 3.86. The Labute approximate surface area is 208 Å². The lowest BCUT2D eigenvalue weighted by molar-refractivity contribution is -0.146. The minimum Gasteiger partial charge on any atom is -0.481 e. The third kappa shape index (κ3) is 5.40. The second-order valence-corrected chi connectivity index (χ2v) is 8.43. The second-order valence-electron chi connectivity index (χ2n) is 8.02. The molecule has 0 aliphatic carbocycles. The number of aliphatic hydroxyl groups is 1. The maximum atomic E-state index is 13.3. The average Bonchev–Trinajstić information content (AvgIpc) is 2.87. The summed E-state index contributed by atoms with van der Waals surface area (Å²) >= 11 is 5.71. The zero-order valence-electron chi connectivity index (χ0n) is 18.6. The predicted octanol–water partition coefficient (Wildman–Crippen LogP) is 3.66. The number of aliphatic carboxylic acids is 1. The van der Waals surface area contributed by atoms with Gasteiger partial charge in [0, 0.05) is 17.8 Å². The van der Waals surface area contributed by atoms with E-state index >= 15 is 0 Å². The van der Waals surface area contributed by atoms with E-state index in [2.05, 4.69) is 15.6 Å². The Kier molecular flexibility index (Phi) is 7.37. The van der Waals surface area contributed by atoms with Crippen LogP contribution in [0.1, 0.15) is 28.4 Å². The molecule has 0 radical (unpaired) electrons. The van der Waals surface area contributed by atoms with Crippen LogP contribution in [0.2, 0.25) is 5.02 Å². The molecule has 0 aliphatic heterocycles. The number of aromatic nitrogens is 3. The number of amides is 1. The third-order valence-electron chi connectivity index (χ3n) is 5.67. The van der Waals surface area contributed by atoms with Crippen molar-refractivity contribution >= 4 is 40.1 Å². The van der Waals surface area contributed by atoms with E-state index in [-0.39, 0.29) is 23.6 Å². The summed E-state index contributed by atoms with van der Waals surface area (Å²) in [5.41, 5.74) is 0.872. The van der Waals surface area contributed by atoms with Crippen molar-refractivity contribution in [2.45, 2.75) is 19.1 Å². The highest BCUT2D eigenvalue weighted by atomic mass is 35.5. The molecule has 1 unspecified atom stereocenters. The molecule has 1 aromatic heterocycles. The lowest BCUT2D eigenvalue weighted by Gasteiger charge is -2.20. The first-order chi connectivity index (χ1) is 17.2. The molecule has 184 valence electrons. The average molecular weight is 511 g/mol. The molecule has 3 N–H and O–H groups in total. The second kappa shape index (κ2) is 10.6. The number of aryl methyl sites for hydroxylation is 1. The molecule has 36 heavy (non-hydrogen) atoms. The summed E-state index contributed by atoms with van der Waals surface area (Å²) in [5.74, 6) is -3.63. The van der Waals surface area contributed by atoms with Crippen molar-refractivity contribution in [1.82, 2.24) is 15.0 Å². The van der Waals surface area contributed by atoms with Crippen molar-refractivity contribution in [1.29, 1.82) is 0 Å². The highest BCUT2D eigenvalue weighted by Gasteiger charge is 2.28. The molecule has 2 atom stereocenters. The number of halogens is 2. The third-order valence-corrected chi connectivity index (χ3v) is 5.96. The topological polar surface area (TPSA) is 134 Å². The number of benzene rings is 3. The van der Waals surface area contributed by atoms with Gasteiger partial charge in [0.2, 0.25) is 0 Å². The zero-order chi connectivity index (χ0) is 25.8. The summed E-state index contributed by atoms with van der Waals surface area (Å²) in [5, 5.41) is 31.1. The Bertz CT molecular complexity index is 1490. The van der Waals surface area contributed by atoms with Gasteiger partial charge in [-0.05, 0) is 54.4 Å². The molecule has 0 saturated carbocycles. The Balaban J connectivity index is 1.44. The Morgan fingerprint density at radius 3 is 2.50 bits per heavy atom. The van der Waals surface area contributed by atoms with Gasteiger partial charge in [-0.2, -0.15) is 0 Å². The normalized spacial score (nSPS) is 12.8. The predicted molar refractivity (Wildman–Crippen MR) is 130 cm³/mol. The van der Waals surface area contributed by atoms with Crippen LogP contribution in [0.5, 0.6) is 0 Å². The number of fused-ring (bicyclic) bond motifs is 1. The quantitative estimate of drug-likeness (QED) is 0.329. The summed E-state index contributed by atoms with van der Waals surface area (Å²) in [6.07, 6.45) is -1.46. The lowest BCUT2D eigenvalue weighted by Crippen LogP contribution is -2.29. The SMILES string of the molecule is O=C(Nc1ccc(C(O)[C@H](CCn2nnc3ccccc3c2=O)C(=O)O)cc1)c1ccc(F)c(Cl)c1. The van der Waals surface area contributed by atoms with Crippen LogP contribution >= 0.6 is 11.6 Å². The molecule has 3 aromatic carbocycles. The maximum absolute atomic E-state index is 13.3. The standard InChI is InChI=1S/C25H20ClFN4O5/c26-19-13-15(7-10-20(19)27)23(33)28-16-8-5-14(6-9-16)22(32)18(25(35)36)11-12-31-24(34)17-3-1-2-4-21(17)29-30-31/h1-10,13,18,22,32H,11-12H2,(H,28,33)(H,35,36)/t18-,22?/m0/s1. The van der Waals surface area contributed by atoms with E-state index in [9.17, 15) is 29.0 Å². The molecule has 4 rings (SSSR count). The van der Waals surface area contributed by atoms with E-state index in [1.54, 1.807) is 24.3 Å². The molecule has 11 heteroatoms. The van der Waals surface area contributed by atoms with E-state index in [4.69, 9.17) is 11.6 Å². The largest absolute Gasteiger partial charge is 0.481 e. The van der Waals surface area contributed by atoms with Gasteiger partial charge in [0.15, 0.2) is 0 Å². The van der Waals surface area contributed by atoms with Crippen molar-refractivity contribution in [2.75, 3.05) is 5.32 Å².